The third-order valence-corrected chi connectivity index (χ3v) is 1.83. The van der Waals surface area contributed by atoms with Crippen molar-refractivity contribution in [3.05, 3.63) is 40.7 Å². The lowest BCUT2D eigenvalue weighted by Crippen LogP contribution is -2.03. The highest BCUT2D eigenvalue weighted by atomic mass is 16.5. The highest BCUT2D eigenvalue weighted by molar-refractivity contribution is 5.92. The van der Waals surface area contributed by atoms with E-state index in [0.29, 0.717) is 16.8 Å². The summed E-state index contributed by atoms with van der Waals surface area (Å²) in [6, 6.07) is 5.00. The summed E-state index contributed by atoms with van der Waals surface area (Å²) in [5.41, 5.74) is 1.61. The average Bonchev–Trinajstić information content (AvgIpc) is 2.17. The van der Waals surface area contributed by atoms with Crippen molar-refractivity contribution in [3.8, 4) is 0 Å². The lowest BCUT2D eigenvalue weighted by Gasteiger charge is -2.03. The van der Waals surface area contributed by atoms with E-state index in [0.717, 1.165) is 0 Å². The van der Waals surface area contributed by atoms with Crippen LogP contribution >= 0.6 is 0 Å². The Morgan fingerprint density at radius 1 is 1.54 bits per heavy atom. The first-order valence-corrected chi connectivity index (χ1v) is 3.76. The van der Waals surface area contributed by atoms with Gasteiger partial charge in [-0.3, -0.25) is 0 Å². The Morgan fingerprint density at radius 2 is 2.23 bits per heavy atom. The maximum absolute atomic E-state index is 11.2. The van der Waals surface area contributed by atoms with Gasteiger partial charge in [-0.15, -0.1) is 0 Å². The van der Waals surface area contributed by atoms with Crippen LogP contribution in [-0.4, -0.2) is 13.1 Å². The van der Waals surface area contributed by atoms with Crippen LogP contribution in [0.1, 0.15) is 15.9 Å². The van der Waals surface area contributed by atoms with E-state index in [-0.39, 0.29) is 0 Å². The third-order valence-electron chi connectivity index (χ3n) is 1.83. The molecule has 0 atom stereocenters. The molecule has 0 unspecified atom stereocenters. The molecule has 0 aliphatic heterocycles. The number of carbonyl (C=O) groups excluding carboxylic acids is 1. The van der Waals surface area contributed by atoms with Crippen molar-refractivity contribution < 1.29 is 9.53 Å². The predicted octanol–water partition coefficient (Wildman–Crippen LogP) is 2.33. The summed E-state index contributed by atoms with van der Waals surface area (Å²) >= 11 is 0. The Hall–Kier alpha value is -1.82. The van der Waals surface area contributed by atoms with Crippen molar-refractivity contribution in [1.82, 2.24) is 0 Å². The average molecular weight is 175 g/mol. The molecule has 0 N–H and O–H groups in total. The number of nitrogens with zero attached hydrogens (tertiary/aromatic N) is 1. The summed E-state index contributed by atoms with van der Waals surface area (Å²) in [6.45, 7) is 8.59. The molecule has 0 bridgehead atoms. The summed E-state index contributed by atoms with van der Waals surface area (Å²) in [6.07, 6.45) is 0. The van der Waals surface area contributed by atoms with Gasteiger partial charge in [-0.05, 0) is 18.6 Å². The maximum atomic E-state index is 11.2. The van der Waals surface area contributed by atoms with Gasteiger partial charge in [0.25, 0.3) is 0 Å². The number of rotatable bonds is 1. The Kier molecular flexibility index (Phi) is 2.65. The van der Waals surface area contributed by atoms with Crippen molar-refractivity contribution in [1.29, 1.82) is 0 Å². The van der Waals surface area contributed by atoms with Gasteiger partial charge in [-0.1, -0.05) is 12.1 Å². The fourth-order valence-corrected chi connectivity index (χ4v) is 1.08. The van der Waals surface area contributed by atoms with E-state index in [1.165, 1.54) is 7.11 Å². The van der Waals surface area contributed by atoms with E-state index in [9.17, 15) is 4.79 Å². The summed E-state index contributed by atoms with van der Waals surface area (Å²) in [4.78, 5) is 14.5. The molecule has 0 saturated carbocycles. The van der Waals surface area contributed by atoms with Gasteiger partial charge in [0.15, 0.2) is 5.69 Å². The zero-order chi connectivity index (χ0) is 9.84. The quantitative estimate of drug-likeness (QED) is 0.484. The number of ether oxygens (including phenoxy) is 1. The van der Waals surface area contributed by atoms with Gasteiger partial charge >= 0.3 is 5.97 Å². The molecular formula is C10H9NO2. The molecule has 0 amide bonds. The summed E-state index contributed by atoms with van der Waals surface area (Å²) in [5, 5.41) is 0. The van der Waals surface area contributed by atoms with Crippen LogP contribution in [-0.2, 0) is 4.74 Å². The highest BCUT2D eigenvalue weighted by Crippen LogP contribution is 2.21. The lowest BCUT2D eigenvalue weighted by atomic mass is 10.1. The number of esters is 1. The molecule has 1 aromatic rings. The number of benzene rings is 1. The first-order valence-electron chi connectivity index (χ1n) is 3.76. The maximum Gasteiger partial charge on any atom is 0.336 e. The van der Waals surface area contributed by atoms with E-state index < -0.39 is 5.97 Å². The zero-order valence-corrected chi connectivity index (χ0v) is 7.50. The van der Waals surface area contributed by atoms with Gasteiger partial charge in [0.05, 0.1) is 19.2 Å². The van der Waals surface area contributed by atoms with Crippen LogP contribution in [0.2, 0.25) is 0 Å². The van der Waals surface area contributed by atoms with E-state index >= 15 is 0 Å². The van der Waals surface area contributed by atoms with E-state index in [1.807, 2.05) is 0 Å². The second kappa shape index (κ2) is 3.72. The predicted molar refractivity (Wildman–Crippen MR) is 48.8 cm³/mol. The molecule has 0 saturated heterocycles. The van der Waals surface area contributed by atoms with Crippen molar-refractivity contribution in [3.63, 3.8) is 0 Å². The van der Waals surface area contributed by atoms with E-state index in [2.05, 4.69) is 9.58 Å². The van der Waals surface area contributed by atoms with E-state index in [1.54, 1.807) is 25.1 Å². The van der Waals surface area contributed by atoms with Gasteiger partial charge in [0, 0.05) is 0 Å². The second-order valence-corrected chi connectivity index (χ2v) is 2.55. The Labute approximate surface area is 76.8 Å². The molecule has 66 valence electrons. The normalized spacial score (nSPS) is 9.00. The smallest absolute Gasteiger partial charge is 0.336 e. The Bertz CT molecular complexity index is 377. The Balaban J connectivity index is 3.25. The Morgan fingerprint density at radius 3 is 2.77 bits per heavy atom. The summed E-state index contributed by atoms with van der Waals surface area (Å²) in [7, 11) is 1.33. The molecule has 1 rings (SSSR count). The lowest BCUT2D eigenvalue weighted by molar-refractivity contribution is 0.0600. The first kappa shape index (κ1) is 9.27. The minimum absolute atomic E-state index is 0.400. The molecule has 3 nitrogen and oxygen atoms in total. The highest BCUT2D eigenvalue weighted by Gasteiger charge is 2.10. The minimum Gasteiger partial charge on any atom is -0.465 e. The number of carbonyl (C=O) groups is 1. The molecule has 0 aliphatic carbocycles. The standard InChI is InChI=1S/C10H9NO2/c1-7-8(10(12)13-3)5-4-6-9(7)11-2/h4-6H,1,3H3. The number of methoxy groups -OCH3 is 1. The zero-order valence-electron chi connectivity index (χ0n) is 7.50. The largest absolute Gasteiger partial charge is 0.465 e. The van der Waals surface area contributed by atoms with Crippen molar-refractivity contribution in [2.45, 2.75) is 6.92 Å². The van der Waals surface area contributed by atoms with Crippen molar-refractivity contribution in [2.24, 2.45) is 0 Å². The van der Waals surface area contributed by atoms with Gasteiger partial charge in [-0.2, -0.15) is 0 Å². The number of hydrogen-bond acceptors (Lipinski definition) is 2. The first-order chi connectivity index (χ1) is 6.20. The molecule has 3 heteroatoms. The third kappa shape index (κ3) is 1.67. The second-order valence-electron chi connectivity index (χ2n) is 2.55. The monoisotopic (exact) mass is 175 g/mol. The molecule has 0 radical (unpaired) electrons. The van der Waals surface area contributed by atoms with Gasteiger partial charge in [0.2, 0.25) is 0 Å². The fraction of sp³-hybridized carbons (Fsp3) is 0.200. The summed E-state index contributed by atoms with van der Waals surface area (Å²) < 4.78 is 4.57. The molecule has 13 heavy (non-hydrogen) atoms. The molecular weight excluding hydrogens is 166 g/mol. The van der Waals surface area contributed by atoms with Gasteiger partial charge < -0.3 is 4.74 Å². The van der Waals surface area contributed by atoms with Crippen LogP contribution in [0.15, 0.2) is 18.2 Å². The van der Waals surface area contributed by atoms with E-state index in [4.69, 9.17) is 6.57 Å². The molecule has 0 aromatic heterocycles. The molecule has 1 aromatic carbocycles. The number of hydrogen-bond donors (Lipinski definition) is 0. The van der Waals surface area contributed by atoms with Crippen LogP contribution in [0.5, 0.6) is 0 Å². The van der Waals surface area contributed by atoms with Crippen LogP contribution in [0, 0.1) is 13.5 Å². The molecule has 0 spiro atoms. The van der Waals surface area contributed by atoms with Crippen molar-refractivity contribution in [2.75, 3.05) is 7.11 Å². The van der Waals surface area contributed by atoms with Crippen LogP contribution in [0.4, 0.5) is 5.69 Å². The van der Waals surface area contributed by atoms with Crippen LogP contribution < -0.4 is 0 Å². The molecule has 0 heterocycles. The van der Waals surface area contributed by atoms with Crippen molar-refractivity contribution >= 4 is 11.7 Å². The summed E-state index contributed by atoms with van der Waals surface area (Å²) in [5.74, 6) is -0.400. The SMILES string of the molecule is [C-]#[N+]c1cccc(C(=O)OC)c1C. The van der Waals surface area contributed by atoms with Crippen LogP contribution in [0.3, 0.4) is 0 Å². The molecule has 0 fully saturated rings. The topological polar surface area (TPSA) is 30.7 Å². The molecule has 0 aliphatic rings. The minimum atomic E-state index is -0.400. The van der Waals surface area contributed by atoms with Gasteiger partial charge in [0.1, 0.15) is 0 Å². The fourth-order valence-electron chi connectivity index (χ4n) is 1.08. The van der Waals surface area contributed by atoms with Gasteiger partial charge in [-0.25, -0.2) is 9.64 Å². The van der Waals surface area contributed by atoms with Crippen LogP contribution in [0.25, 0.3) is 4.85 Å².